The quantitative estimate of drug-likeness (QED) is 0.229. The Kier molecular flexibility index (Phi) is 7.90. The van der Waals surface area contributed by atoms with Gasteiger partial charge in [0.1, 0.15) is 11.6 Å². The van der Waals surface area contributed by atoms with Gasteiger partial charge < -0.3 is 9.47 Å². The highest BCUT2D eigenvalue weighted by Gasteiger charge is 2.35. The monoisotopic (exact) mass is 620 g/mol. The van der Waals surface area contributed by atoms with E-state index in [4.69, 9.17) is 14.5 Å². The molecule has 0 N–H and O–H groups in total. The molecule has 0 unspecified atom stereocenters. The van der Waals surface area contributed by atoms with Crippen LogP contribution in [0.25, 0.3) is 11.8 Å². The van der Waals surface area contributed by atoms with Crippen LogP contribution in [0, 0.1) is 5.82 Å². The number of benzene rings is 3. The molecule has 5 rings (SSSR count). The van der Waals surface area contributed by atoms with E-state index < -0.39 is 23.8 Å². The number of hydrogen-bond acceptors (Lipinski definition) is 7. The molecule has 0 aliphatic carbocycles. The Morgan fingerprint density at radius 1 is 1.10 bits per heavy atom. The molecule has 202 valence electrons. The van der Waals surface area contributed by atoms with E-state index in [-0.39, 0.29) is 17.7 Å². The SMILES string of the molecule is CCOC(=O)C1=C(c2ccccc2)N=c2s/c(=C\c3ccc(OC(C)=O)c(Br)c3)c(=O)n2[C@H]1c1ccc(F)cc1. The lowest BCUT2D eigenvalue weighted by molar-refractivity contribution is -0.139. The van der Waals surface area contributed by atoms with E-state index in [1.165, 1.54) is 35.0 Å². The minimum Gasteiger partial charge on any atom is -0.463 e. The second-order valence-corrected chi connectivity index (χ2v) is 10.6. The van der Waals surface area contributed by atoms with E-state index in [0.29, 0.717) is 41.9 Å². The first-order valence-corrected chi connectivity index (χ1v) is 13.9. The van der Waals surface area contributed by atoms with Gasteiger partial charge in [-0.3, -0.25) is 14.2 Å². The molecule has 7 nitrogen and oxygen atoms in total. The second-order valence-electron chi connectivity index (χ2n) is 8.77. The summed E-state index contributed by atoms with van der Waals surface area (Å²) >= 11 is 4.57. The largest absolute Gasteiger partial charge is 0.463 e. The first-order chi connectivity index (χ1) is 19.3. The van der Waals surface area contributed by atoms with Crippen LogP contribution in [-0.2, 0) is 14.3 Å². The number of thiazole rings is 1. The van der Waals surface area contributed by atoms with E-state index >= 15 is 0 Å². The van der Waals surface area contributed by atoms with Crippen molar-refractivity contribution in [3.05, 3.63) is 125 Å². The zero-order chi connectivity index (χ0) is 28.4. The summed E-state index contributed by atoms with van der Waals surface area (Å²) in [6, 6.07) is 19.0. The molecule has 0 bridgehead atoms. The molecule has 1 aliphatic heterocycles. The summed E-state index contributed by atoms with van der Waals surface area (Å²) in [4.78, 5) is 43.8. The van der Waals surface area contributed by atoms with Gasteiger partial charge in [-0.05, 0) is 64.3 Å². The maximum Gasteiger partial charge on any atom is 0.338 e. The van der Waals surface area contributed by atoms with Crippen LogP contribution in [0.4, 0.5) is 4.39 Å². The molecule has 0 spiro atoms. The van der Waals surface area contributed by atoms with E-state index in [0.717, 1.165) is 0 Å². The number of nitrogens with zero attached hydrogens (tertiary/aromatic N) is 2. The van der Waals surface area contributed by atoms with Crippen molar-refractivity contribution in [2.24, 2.45) is 4.99 Å². The molecular formula is C30H22BrFN2O5S. The number of ether oxygens (including phenoxy) is 2. The highest BCUT2D eigenvalue weighted by Crippen LogP contribution is 2.35. The Hall–Kier alpha value is -4.15. The molecule has 10 heteroatoms. The van der Waals surface area contributed by atoms with Crippen LogP contribution < -0.4 is 19.6 Å². The first kappa shape index (κ1) is 27.4. The predicted octanol–water partition coefficient (Wildman–Crippen LogP) is 4.76. The van der Waals surface area contributed by atoms with Gasteiger partial charge in [-0.15, -0.1) is 0 Å². The number of carbonyl (C=O) groups excluding carboxylic acids is 2. The molecule has 0 radical (unpaired) electrons. The normalized spacial score (nSPS) is 14.9. The van der Waals surface area contributed by atoms with Crippen LogP contribution in [-0.4, -0.2) is 23.1 Å². The van der Waals surface area contributed by atoms with Gasteiger partial charge in [-0.1, -0.05) is 59.9 Å². The smallest absolute Gasteiger partial charge is 0.338 e. The number of halogens is 2. The Morgan fingerprint density at radius 2 is 1.82 bits per heavy atom. The van der Waals surface area contributed by atoms with Crippen LogP contribution in [0.15, 0.2) is 92.6 Å². The Morgan fingerprint density at radius 3 is 2.48 bits per heavy atom. The van der Waals surface area contributed by atoms with Crippen LogP contribution in [0.5, 0.6) is 5.75 Å². The minimum atomic E-state index is -0.897. The van der Waals surface area contributed by atoms with Crippen LogP contribution in [0.3, 0.4) is 0 Å². The van der Waals surface area contributed by atoms with Crippen molar-refractivity contribution in [3.63, 3.8) is 0 Å². The average Bonchev–Trinajstić information content (AvgIpc) is 3.24. The average molecular weight is 621 g/mol. The Balaban J connectivity index is 1.76. The highest BCUT2D eigenvalue weighted by atomic mass is 79.9. The molecule has 2 heterocycles. The fourth-order valence-corrected chi connectivity index (χ4v) is 5.88. The minimum absolute atomic E-state index is 0.128. The van der Waals surface area contributed by atoms with Crippen LogP contribution >= 0.6 is 27.3 Å². The van der Waals surface area contributed by atoms with Crippen molar-refractivity contribution in [3.8, 4) is 5.75 Å². The number of hydrogen-bond donors (Lipinski definition) is 0. The van der Waals surface area contributed by atoms with Gasteiger partial charge >= 0.3 is 11.9 Å². The zero-order valence-corrected chi connectivity index (χ0v) is 23.8. The second kappa shape index (κ2) is 11.5. The van der Waals surface area contributed by atoms with Crippen molar-refractivity contribution in [1.29, 1.82) is 0 Å². The molecule has 0 saturated heterocycles. The van der Waals surface area contributed by atoms with Crippen molar-refractivity contribution < 1.29 is 23.5 Å². The molecule has 40 heavy (non-hydrogen) atoms. The molecule has 0 fully saturated rings. The molecule has 3 aromatic carbocycles. The zero-order valence-electron chi connectivity index (χ0n) is 21.4. The molecule has 0 amide bonds. The van der Waals surface area contributed by atoms with Gasteiger partial charge in [0, 0.05) is 12.5 Å². The predicted molar refractivity (Wildman–Crippen MR) is 153 cm³/mol. The third-order valence-electron chi connectivity index (χ3n) is 6.07. The molecule has 4 aromatic rings. The molecular weight excluding hydrogens is 599 g/mol. The standard InChI is InChI=1S/C30H22BrFN2O5S/c1-3-38-29(37)25-26(19-7-5-4-6-8-19)33-30-34(27(25)20-10-12-21(32)13-11-20)28(36)24(40-30)16-18-9-14-23(22(31)15-18)39-17(2)35/h4-16,27H,3H2,1-2H3/b24-16-/t27-/m0/s1. The fourth-order valence-electron chi connectivity index (χ4n) is 4.40. The summed E-state index contributed by atoms with van der Waals surface area (Å²) in [5.74, 6) is -1.15. The van der Waals surface area contributed by atoms with Crippen molar-refractivity contribution >= 4 is 51.0 Å². The number of aromatic nitrogens is 1. The lowest BCUT2D eigenvalue weighted by Gasteiger charge is -2.25. The number of esters is 2. The van der Waals surface area contributed by atoms with Crippen molar-refractivity contribution in [2.75, 3.05) is 6.61 Å². The summed E-state index contributed by atoms with van der Waals surface area (Å²) < 4.78 is 26.9. The van der Waals surface area contributed by atoms with E-state index in [1.807, 2.05) is 30.3 Å². The maximum atomic E-state index is 13.9. The lowest BCUT2D eigenvalue weighted by Crippen LogP contribution is -2.40. The fraction of sp³-hybridized carbons (Fsp3) is 0.133. The Labute approximate surface area is 240 Å². The number of fused-ring (bicyclic) bond motifs is 1. The van der Waals surface area contributed by atoms with E-state index in [1.54, 1.807) is 43.3 Å². The van der Waals surface area contributed by atoms with Gasteiger partial charge in [0.15, 0.2) is 4.80 Å². The topological polar surface area (TPSA) is 87.0 Å². The summed E-state index contributed by atoms with van der Waals surface area (Å²) in [7, 11) is 0. The summed E-state index contributed by atoms with van der Waals surface area (Å²) in [6.45, 7) is 3.14. The van der Waals surface area contributed by atoms with E-state index in [9.17, 15) is 18.8 Å². The van der Waals surface area contributed by atoms with Gasteiger partial charge in [0.05, 0.1) is 32.9 Å². The Bertz CT molecular complexity index is 1830. The number of carbonyl (C=O) groups is 2. The summed E-state index contributed by atoms with van der Waals surface area (Å²) in [6.07, 6.45) is 1.70. The summed E-state index contributed by atoms with van der Waals surface area (Å²) in [5, 5.41) is 0. The number of rotatable bonds is 6. The van der Waals surface area contributed by atoms with Gasteiger partial charge in [-0.25, -0.2) is 14.2 Å². The van der Waals surface area contributed by atoms with Gasteiger partial charge in [-0.2, -0.15) is 0 Å². The van der Waals surface area contributed by atoms with Gasteiger partial charge in [0.25, 0.3) is 5.56 Å². The van der Waals surface area contributed by atoms with Crippen molar-refractivity contribution in [2.45, 2.75) is 19.9 Å². The van der Waals surface area contributed by atoms with Crippen LogP contribution in [0.1, 0.15) is 36.6 Å². The molecule has 0 saturated carbocycles. The first-order valence-electron chi connectivity index (χ1n) is 12.3. The van der Waals surface area contributed by atoms with Gasteiger partial charge in [0.2, 0.25) is 0 Å². The lowest BCUT2D eigenvalue weighted by atomic mass is 9.93. The van der Waals surface area contributed by atoms with E-state index in [2.05, 4.69) is 15.9 Å². The van der Waals surface area contributed by atoms with Crippen molar-refractivity contribution in [1.82, 2.24) is 4.57 Å². The molecule has 1 atom stereocenters. The highest BCUT2D eigenvalue weighted by molar-refractivity contribution is 9.10. The molecule has 1 aliphatic rings. The van der Waals surface area contributed by atoms with Crippen LogP contribution in [0.2, 0.25) is 0 Å². The third-order valence-corrected chi connectivity index (χ3v) is 7.67. The summed E-state index contributed by atoms with van der Waals surface area (Å²) in [5.41, 5.74) is 2.10. The maximum absolute atomic E-state index is 13.9. The third kappa shape index (κ3) is 5.45. The molecule has 1 aromatic heterocycles.